The van der Waals surface area contributed by atoms with E-state index in [9.17, 15) is 4.79 Å². The Morgan fingerprint density at radius 3 is 2.62 bits per heavy atom. The quantitative estimate of drug-likeness (QED) is 0.628. The van der Waals surface area contributed by atoms with Gasteiger partial charge in [-0.05, 0) is 17.5 Å². The zero-order chi connectivity index (χ0) is 9.42. The standard InChI is InChI=1S/C11H12OS/c1-7-8(2)11(12)13-10-6-4-3-5-9(7)10/h3-8H,1-2H3/t7-,8+/m1/s1. The number of rotatable bonds is 0. The topological polar surface area (TPSA) is 17.1 Å². The van der Waals surface area contributed by atoms with Crippen molar-refractivity contribution in [3.8, 4) is 0 Å². The number of carbonyl (C=O) groups excluding carboxylic acids is 1. The van der Waals surface area contributed by atoms with E-state index in [1.807, 2.05) is 25.1 Å². The molecule has 0 N–H and O–H groups in total. The van der Waals surface area contributed by atoms with Crippen LogP contribution in [0.5, 0.6) is 0 Å². The van der Waals surface area contributed by atoms with Crippen LogP contribution >= 0.6 is 11.8 Å². The first kappa shape index (κ1) is 8.82. The molecule has 0 bridgehead atoms. The molecule has 0 aliphatic carbocycles. The highest BCUT2D eigenvalue weighted by atomic mass is 32.2. The highest BCUT2D eigenvalue weighted by Crippen LogP contribution is 2.41. The van der Waals surface area contributed by atoms with Gasteiger partial charge in [-0.1, -0.05) is 43.8 Å². The third-order valence-corrected chi connectivity index (χ3v) is 3.91. The van der Waals surface area contributed by atoms with Crippen LogP contribution in [0.4, 0.5) is 0 Å². The summed E-state index contributed by atoms with van der Waals surface area (Å²) >= 11 is 1.38. The Bertz CT molecular complexity index is 346. The Labute approximate surface area is 82.5 Å². The Balaban J connectivity index is 2.49. The second-order valence-corrected chi connectivity index (χ2v) is 4.58. The summed E-state index contributed by atoms with van der Waals surface area (Å²) in [6, 6.07) is 8.18. The molecule has 2 atom stereocenters. The summed E-state index contributed by atoms with van der Waals surface area (Å²) in [7, 11) is 0. The van der Waals surface area contributed by atoms with E-state index in [1.165, 1.54) is 17.3 Å². The maximum absolute atomic E-state index is 11.5. The van der Waals surface area contributed by atoms with E-state index >= 15 is 0 Å². The molecular weight excluding hydrogens is 180 g/mol. The molecule has 1 aromatic carbocycles. The lowest BCUT2D eigenvalue weighted by molar-refractivity contribution is -0.114. The van der Waals surface area contributed by atoms with Gasteiger partial charge in [-0.25, -0.2) is 0 Å². The first-order valence-corrected chi connectivity index (χ1v) is 5.32. The number of benzene rings is 1. The van der Waals surface area contributed by atoms with E-state index in [4.69, 9.17) is 0 Å². The first-order valence-electron chi connectivity index (χ1n) is 4.51. The zero-order valence-corrected chi connectivity index (χ0v) is 8.60. The van der Waals surface area contributed by atoms with Crippen molar-refractivity contribution in [1.29, 1.82) is 0 Å². The molecular formula is C11H12OS. The molecule has 0 saturated heterocycles. The SMILES string of the molecule is C[C@@H]1C(=O)Sc2ccccc2[C@@H]1C. The van der Waals surface area contributed by atoms with Gasteiger partial charge in [-0.2, -0.15) is 0 Å². The Kier molecular flexibility index (Phi) is 2.16. The number of fused-ring (bicyclic) bond motifs is 1. The van der Waals surface area contributed by atoms with Gasteiger partial charge in [-0.3, -0.25) is 4.79 Å². The third-order valence-electron chi connectivity index (χ3n) is 2.74. The number of hydrogen-bond donors (Lipinski definition) is 0. The predicted molar refractivity (Wildman–Crippen MR) is 54.9 cm³/mol. The van der Waals surface area contributed by atoms with Crippen LogP contribution in [0, 0.1) is 5.92 Å². The van der Waals surface area contributed by atoms with Gasteiger partial charge < -0.3 is 0 Å². The Hall–Kier alpha value is -0.760. The molecule has 0 fully saturated rings. The summed E-state index contributed by atoms with van der Waals surface area (Å²) in [4.78, 5) is 12.7. The van der Waals surface area contributed by atoms with Gasteiger partial charge in [0.1, 0.15) is 0 Å². The molecule has 0 spiro atoms. The van der Waals surface area contributed by atoms with Crippen LogP contribution in [0.25, 0.3) is 0 Å². The van der Waals surface area contributed by atoms with Gasteiger partial charge in [0.25, 0.3) is 0 Å². The van der Waals surface area contributed by atoms with Crippen molar-refractivity contribution in [2.45, 2.75) is 24.7 Å². The van der Waals surface area contributed by atoms with Gasteiger partial charge in [0.05, 0.1) is 0 Å². The van der Waals surface area contributed by atoms with E-state index in [1.54, 1.807) is 0 Å². The lowest BCUT2D eigenvalue weighted by Crippen LogP contribution is -2.19. The third kappa shape index (κ3) is 1.39. The van der Waals surface area contributed by atoms with E-state index in [2.05, 4.69) is 13.0 Å². The lowest BCUT2D eigenvalue weighted by atomic mass is 9.89. The smallest absolute Gasteiger partial charge is 0.197 e. The van der Waals surface area contributed by atoms with E-state index in [-0.39, 0.29) is 5.92 Å². The van der Waals surface area contributed by atoms with Gasteiger partial charge in [0.15, 0.2) is 5.12 Å². The monoisotopic (exact) mass is 192 g/mol. The molecule has 2 heteroatoms. The average molecular weight is 192 g/mol. The summed E-state index contributed by atoms with van der Waals surface area (Å²) in [5.41, 5.74) is 1.32. The number of hydrogen-bond acceptors (Lipinski definition) is 2. The highest BCUT2D eigenvalue weighted by Gasteiger charge is 2.29. The molecule has 0 radical (unpaired) electrons. The van der Waals surface area contributed by atoms with Crippen LogP contribution in [0.15, 0.2) is 29.2 Å². The van der Waals surface area contributed by atoms with Crippen LogP contribution in [-0.2, 0) is 4.79 Å². The van der Waals surface area contributed by atoms with Gasteiger partial charge in [0.2, 0.25) is 0 Å². The Morgan fingerprint density at radius 1 is 1.15 bits per heavy atom. The first-order chi connectivity index (χ1) is 6.20. The predicted octanol–water partition coefficient (Wildman–Crippen LogP) is 3.06. The molecule has 0 saturated carbocycles. The second-order valence-electron chi connectivity index (χ2n) is 3.54. The molecule has 13 heavy (non-hydrogen) atoms. The van der Waals surface area contributed by atoms with E-state index in [0.717, 1.165) is 4.90 Å². The van der Waals surface area contributed by atoms with Crippen molar-refractivity contribution in [3.63, 3.8) is 0 Å². The summed E-state index contributed by atoms with van der Waals surface area (Å²) in [5, 5.41) is 0.297. The summed E-state index contributed by atoms with van der Waals surface area (Å²) in [6.07, 6.45) is 0. The number of thioether (sulfide) groups is 1. The van der Waals surface area contributed by atoms with E-state index < -0.39 is 0 Å². The molecule has 1 nitrogen and oxygen atoms in total. The normalized spacial score (nSPS) is 27.1. The van der Waals surface area contributed by atoms with Crippen LogP contribution in [0.2, 0.25) is 0 Å². The largest absolute Gasteiger partial charge is 0.287 e. The summed E-state index contributed by atoms with van der Waals surface area (Å²) < 4.78 is 0. The molecule has 1 aromatic rings. The van der Waals surface area contributed by atoms with Crippen molar-refractivity contribution in [1.82, 2.24) is 0 Å². The maximum Gasteiger partial charge on any atom is 0.197 e. The molecule has 68 valence electrons. The fraction of sp³-hybridized carbons (Fsp3) is 0.364. The lowest BCUT2D eigenvalue weighted by Gasteiger charge is -2.26. The minimum Gasteiger partial charge on any atom is -0.287 e. The Morgan fingerprint density at radius 2 is 1.85 bits per heavy atom. The maximum atomic E-state index is 11.5. The van der Waals surface area contributed by atoms with Crippen LogP contribution in [0.1, 0.15) is 25.3 Å². The zero-order valence-electron chi connectivity index (χ0n) is 7.78. The molecule has 0 amide bonds. The highest BCUT2D eigenvalue weighted by molar-refractivity contribution is 8.13. The van der Waals surface area contributed by atoms with Gasteiger partial charge in [0, 0.05) is 10.8 Å². The fourth-order valence-electron chi connectivity index (χ4n) is 1.62. The van der Waals surface area contributed by atoms with Crippen molar-refractivity contribution in [2.24, 2.45) is 5.92 Å². The molecule has 1 aliphatic rings. The molecule has 2 rings (SSSR count). The molecule has 0 aromatic heterocycles. The summed E-state index contributed by atoms with van der Waals surface area (Å²) in [5.74, 6) is 0.518. The molecule has 0 unspecified atom stereocenters. The number of carbonyl (C=O) groups is 1. The molecule has 1 heterocycles. The van der Waals surface area contributed by atoms with Gasteiger partial charge >= 0.3 is 0 Å². The van der Waals surface area contributed by atoms with E-state index in [0.29, 0.717) is 11.0 Å². The minimum absolute atomic E-state index is 0.153. The van der Waals surface area contributed by atoms with Crippen molar-refractivity contribution in [3.05, 3.63) is 29.8 Å². The van der Waals surface area contributed by atoms with Crippen LogP contribution < -0.4 is 0 Å². The van der Waals surface area contributed by atoms with Crippen molar-refractivity contribution >= 4 is 16.9 Å². The minimum atomic E-state index is 0.153. The second kappa shape index (κ2) is 3.18. The summed E-state index contributed by atoms with van der Waals surface area (Å²) in [6.45, 7) is 4.14. The molecule has 1 aliphatic heterocycles. The fourth-order valence-corrected chi connectivity index (χ4v) is 2.75. The van der Waals surface area contributed by atoms with Crippen LogP contribution in [-0.4, -0.2) is 5.12 Å². The average Bonchev–Trinajstić information content (AvgIpc) is 2.15. The van der Waals surface area contributed by atoms with Crippen molar-refractivity contribution < 1.29 is 4.79 Å². The van der Waals surface area contributed by atoms with Crippen molar-refractivity contribution in [2.75, 3.05) is 0 Å². The van der Waals surface area contributed by atoms with Crippen LogP contribution in [0.3, 0.4) is 0 Å². The van der Waals surface area contributed by atoms with Gasteiger partial charge in [-0.15, -0.1) is 0 Å².